The fourth-order valence-corrected chi connectivity index (χ4v) is 4.91. The summed E-state index contributed by atoms with van der Waals surface area (Å²) in [5.41, 5.74) is 2.05. The molecule has 0 bridgehead atoms. The molecule has 0 amide bonds. The van der Waals surface area contributed by atoms with E-state index in [1.807, 2.05) is 18.2 Å². The smallest absolute Gasteiger partial charge is 0.181 e. The first-order chi connectivity index (χ1) is 13.8. The van der Waals surface area contributed by atoms with Crippen LogP contribution in [0.15, 0.2) is 60.8 Å². The summed E-state index contributed by atoms with van der Waals surface area (Å²) in [5, 5.41) is 1.15. The lowest BCUT2D eigenvalue weighted by Crippen LogP contribution is -2.35. The number of thiophene rings is 1. The zero-order valence-electron chi connectivity index (χ0n) is 15.9. The van der Waals surface area contributed by atoms with Crippen LogP contribution in [0.2, 0.25) is 0 Å². The summed E-state index contributed by atoms with van der Waals surface area (Å²) >= 11 is 1.73. The van der Waals surface area contributed by atoms with E-state index in [9.17, 15) is 0 Å². The van der Waals surface area contributed by atoms with Crippen LogP contribution in [-0.2, 0) is 0 Å². The highest BCUT2D eigenvalue weighted by Gasteiger charge is 2.22. The van der Waals surface area contributed by atoms with Gasteiger partial charge in [0.1, 0.15) is 16.3 Å². The number of hydrogen-bond donors (Lipinski definition) is 0. The average molecular weight is 387 g/mol. The normalized spacial score (nSPS) is 17.2. The molecule has 1 aliphatic rings. The summed E-state index contributed by atoms with van der Waals surface area (Å²) < 4.78 is 0. The topological polar surface area (TPSA) is 41.9 Å². The third-order valence-electron chi connectivity index (χ3n) is 5.28. The van der Waals surface area contributed by atoms with Crippen molar-refractivity contribution in [3.63, 3.8) is 0 Å². The maximum absolute atomic E-state index is 5.00. The van der Waals surface area contributed by atoms with E-state index >= 15 is 0 Å². The molecule has 28 heavy (non-hydrogen) atoms. The molecule has 0 N–H and O–H groups in total. The molecule has 1 saturated heterocycles. The monoisotopic (exact) mass is 386 g/mol. The van der Waals surface area contributed by atoms with Gasteiger partial charge in [-0.2, -0.15) is 0 Å². The Balaban J connectivity index is 1.69. The molecule has 0 radical (unpaired) electrons. The molecule has 5 rings (SSSR count). The average Bonchev–Trinajstić information content (AvgIpc) is 3.18. The molecule has 0 aliphatic carbocycles. The summed E-state index contributed by atoms with van der Waals surface area (Å²) in [6.45, 7) is 4.42. The largest absolute Gasteiger partial charge is 0.356 e. The number of fused-ring (bicyclic) bond motifs is 1. The lowest BCUT2D eigenvalue weighted by molar-refractivity contribution is 0.445. The highest BCUT2D eigenvalue weighted by molar-refractivity contribution is 7.22. The van der Waals surface area contributed by atoms with Crippen molar-refractivity contribution in [3.8, 4) is 22.0 Å². The maximum Gasteiger partial charge on any atom is 0.181 e. The van der Waals surface area contributed by atoms with Crippen molar-refractivity contribution < 1.29 is 0 Å². The molecule has 4 aromatic rings. The van der Waals surface area contributed by atoms with Crippen molar-refractivity contribution >= 4 is 27.4 Å². The van der Waals surface area contributed by atoms with Gasteiger partial charge in [-0.3, -0.25) is 4.98 Å². The second-order valence-electron chi connectivity index (χ2n) is 7.47. The summed E-state index contributed by atoms with van der Waals surface area (Å²) in [6.07, 6.45) is 4.30. The number of pyridine rings is 1. The van der Waals surface area contributed by atoms with Gasteiger partial charge in [-0.1, -0.05) is 43.3 Å². The molecule has 1 atom stereocenters. The minimum absolute atomic E-state index is 0.685. The molecule has 4 heterocycles. The predicted molar refractivity (Wildman–Crippen MR) is 117 cm³/mol. The molecule has 5 heteroatoms. The van der Waals surface area contributed by atoms with Crippen LogP contribution < -0.4 is 4.90 Å². The van der Waals surface area contributed by atoms with E-state index in [-0.39, 0.29) is 0 Å². The number of rotatable bonds is 3. The molecule has 140 valence electrons. The lowest BCUT2D eigenvalue weighted by atomic mass is 10.00. The highest BCUT2D eigenvalue weighted by Crippen LogP contribution is 2.38. The van der Waals surface area contributed by atoms with Gasteiger partial charge in [0, 0.05) is 24.2 Å². The van der Waals surface area contributed by atoms with Gasteiger partial charge in [-0.15, -0.1) is 11.3 Å². The van der Waals surface area contributed by atoms with Crippen molar-refractivity contribution in [1.29, 1.82) is 0 Å². The Bertz CT molecular complexity index is 1090. The standard InChI is InChI=1S/C23H22N4S/c1-16-8-7-13-27(15-16)22-18-14-20(17-9-3-2-4-10-17)28-23(18)26-21(25-22)19-11-5-6-12-24-19/h2-6,9-12,14,16H,7-8,13,15H2,1H3. The minimum Gasteiger partial charge on any atom is -0.356 e. The van der Waals surface area contributed by atoms with Gasteiger partial charge in [0.05, 0.1) is 5.39 Å². The molecule has 0 spiro atoms. The molecule has 0 saturated carbocycles. The van der Waals surface area contributed by atoms with E-state index in [0.717, 1.165) is 34.8 Å². The Morgan fingerprint density at radius 1 is 1.04 bits per heavy atom. The van der Waals surface area contributed by atoms with Crippen LogP contribution in [0.4, 0.5) is 5.82 Å². The van der Waals surface area contributed by atoms with Gasteiger partial charge < -0.3 is 4.90 Å². The Morgan fingerprint density at radius 2 is 1.89 bits per heavy atom. The van der Waals surface area contributed by atoms with E-state index in [1.165, 1.54) is 23.3 Å². The van der Waals surface area contributed by atoms with Crippen LogP contribution in [0.1, 0.15) is 19.8 Å². The van der Waals surface area contributed by atoms with E-state index in [0.29, 0.717) is 11.7 Å². The highest BCUT2D eigenvalue weighted by atomic mass is 32.1. The number of aromatic nitrogens is 3. The lowest BCUT2D eigenvalue weighted by Gasteiger charge is -2.32. The Kier molecular flexibility index (Phi) is 4.53. The van der Waals surface area contributed by atoms with Crippen molar-refractivity contribution in [2.45, 2.75) is 19.8 Å². The zero-order valence-corrected chi connectivity index (χ0v) is 16.7. The quantitative estimate of drug-likeness (QED) is 0.456. The van der Waals surface area contributed by atoms with Crippen molar-refractivity contribution in [1.82, 2.24) is 15.0 Å². The molecule has 1 aliphatic heterocycles. The number of benzene rings is 1. The molecule has 3 aromatic heterocycles. The van der Waals surface area contributed by atoms with Crippen LogP contribution in [0.5, 0.6) is 0 Å². The third kappa shape index (κ3) is 3.27. The Morgan fingerprint density at radius 3 is 2.68 bits per heavy atom. The van der Waals surface area contributed by atoms with Crippen LogP contribution in [0.3, 0.4) is 0 Å². The van der Waals surface area contributed by atoms with E-state index in [2.05, 4.69) is 53.2 Å². The predicted octanol–water partition coefficient (Wildman–Crippen LogP) is 5.66. The van der Waals surface area contributed by atoms with E-state index in [1.54, 1.807) is 17.5 Å². The van der Waals surface area contributed by atoms with Crippen LogP contribution >= 0.6 is 11.3 Å². The van der Waals surface area contributed by atoms with Crippen molar-refractivity contribution in [3.05, 3.63) is 60.8 Å². The summed E-state index contributed by atoms with van der Waals surface area (Å²) in [5.74, 6) is 2.45. The maximum atomic E-state index is 5.00. The second-order valence-corrected chi connectivity index (χ2v) is 8.51. The fraction of sp³-hybridized carbons (Fsp3) is 0.261. The number of anilines is 1. The first-order valence-corrected chi connectivity index (χ1v) is 10.6. The van der Waals surface area contributed by atoms with E-state index in [4.69, 9.17) is 9.97 Å². The van der Waals surface area contributed by atoms with Crippen molar-refractivity contribution in [2.75, 3.05) is 18.0 Å². The molecular weight excluding hydrogens is 364 g/mol. The molecular formula is C23H22N4S. The van der Waals surface area contributed by atoms with E-state index < -0.39 is 0 Å². The fourth-order valence-electron chi connectivity index (χ4n) is 3.88. The first-order valence-electron chi connectivity index (χ1n) is 9.81. The SMILES string of the molecule is CC1CCCN(c2nc(-c3ccccn3)nc3sc(-c4ccccc4)cc23)C1. The minimum atomic E-state index is 0.685. The summed E-state index contributed by atoms with van der Waals surface area (Å²) in [7, 11) is 0. The van der Waals surface area contributed by atoms with Gasteiger partial charge in [0.15, 0.2) is 5.82 Å². The third-order valence-corrected chi connectivity index (χ3v) is 6.36. The van der Waals surface area contributed by atoms with Crippen molar-refractivity contribution in [2.24, 2.45) is 5.92 Å². The van der Waals surface area contributed by atoms with Gasteiger partial charge in [-0.05, 0) is 42.5 Å². The molecule has 1 unspecified atom stereocenters. The molecule has 1 aromatic carbocycles. The number of nitrogens with zero attached hydrogens (tertiary/aromatic N) is 4. The second kappa shape index (κ2) is 7.32. The summed E-state index contributed by atoms with van der Waals surface area (Å²) in [4.78, 5) is 19.1. The molecule has 4 nitrogen and oxygen atoms in total. The van der Waals surface area contributed by atoms with Gasteiger partial charge in [0.2, 0.25) is 0 Å². The zero-order chi connectivity index (χ0) is 18.9. The van der Waals surface area contributed by atoms with Gasteiger partial charge in [-0.25, -0.2) is 9.97 Å². The first kappa shape index (κ1) is 17.3. The molecule has 1 fully saturated rings. The number of hydrogen-bond acceptors (Lipinski definition) is 5. The Hall–Kier alpha value is -2.79. The van der Waals surface area contributed by atoms with Gasteiger partial charge in [0.25, 0.3) is 0 Å². The summed E-state index contributed by atoms with van der Waals surface area (Å²) in [6, 6.07) is 18.7. The van der Waals surface area contributed by atoms with Crippen LogP contribution in [-0.4, -0.2) is 28.0 Å². The van der Waals surface area contributed by atoms with Crippen LogP contribution in [0, 0.1) is 5.92 Å². The number of piperidine rings is 1. The van der Waals surface area contributed by atoms with Gasteiger partial charge >= 0.3 is 0 Å². The van der Waals surface area contributed by atoms with Crippen LogP contribution in [0.25, 0.3) is 32.2 Å². The Labute approximate surface area is 168 Å².